The molecule has 29 heavy (non-hydrogen) atoms. The summed E-state index contributed by atoms with van der Waals surface area (Å²) in [5.41, 5.74) is 1.41. The van der Waals surface area contributed by atoms with E-state index in [1.165, 1.54) is 18.2 Å². The van der Waals surface area contributed by atoms with Crippen LogP contribution in [0.1, 0.15) is 30.7 Å². The summed E-state index contributed by atoms with van der Waals surface area (Å²) in [5.74, 6) is 1.45. The molecule has 1 atom stereocenters. The van der Waals surface area contributed by atoms with Crippen LogP contribution in [0.4, 0.5) is 5.82 Å². The van der Waals surface area contributed by atoms with Crippen molar-refractivity contribution in [3.05, 3.63) is 54.2 Å². The second-order valence-electron chi connectivity index (χ2n) is 8.09. The molecule has 1 aromatic heterocycles. The molecule has 2 aromatic rings. The Morgan fingerprint density at radius 3 is 2.34 bits per heavy atom. The van der Waals surface area contributed by atoms with E-state index < -0.39 is 10.0 Å². The Kier molecular flexibility index (Phi) is 6.18. The first kappa shape index (κ1) is 20.3. The summed E-state index contributed by atoms with van der Waals surface area (Å²) in [6.45, 7) is 4.50. The zero-order valence-corrected chi connectivity index (χ0v) is 17.9. The van der Waals surface area contributed by atoms with Gasteiger partial charge in [0.1, 0.15) is 10.7 Å². The second-order valence-corrected chi connectivity index (χ2v) is 10.0. The second kappa shape index (κ2) is 8.81. The highest BCUT2D eigenvalue weighted by molar-refractivity contribution is 7.89. The number of likely N-dealkylation sites (N-methyl/N-ethyl adjacent to an activating group) is 1. The zero-order chi connectivity index (χ0) is 20.3. The molecule has 6 nitrogen and oxygen atoms in total. The Bertz CT molecular complexity index is 894. The summed E-state index contributed by atoms with van der Waals surface area (Å²) in [5, 5.41) is 0. The summed E-state index contributed by atoms with van der Waals surface area (Å²) in [6.07, 6.45) is 4.91. The van der Waals surface area contributed by atoms with E-state index in [1.807, 2.05) is 13.1 Å². The number of nitrogens with zero attached hydrogens (tertiary/aromatic N) is 4. The van der Waals surface area contributed by atoms with Gasteiger partial charge in [-0.15, -0.1) is 0 Å². The van der Waals surface area contributed by atoms with Gasteiger partial charge in [0.15, 0.2) is 0 Å². The van der Waals surface area contributed by atoms with Gasteiger partial charge in [0.25, 0.3) is 0 Å². The molecule has 0 saturated carbocycles. The van der Waals surface area contributed by atoms with Crippen LogP contribution in [0.5, 0.6) is 0 Å². The van der Waals surface area contributed by atoms with E-state index in [1.54, 1.807) is 10.4 Å². The van der Waals surface area contributed by atoms with Crippen LogP contribution in [0.2, 0.25) is 0 Å². The third kappa shape index (κ3) is 4.63. The molecule has 2 aliphatic rings. The van der Waals surface area contributed by atoms with Gasteiger partial charge in [-0.2, -0.15) is 4.31 Å². The van der Waals surface area contributed by atoms with E-state index >= 15 is 0 Å². The molecule has 156 valence electrons. The Balaban J connectivity index is 1.42. The molecule has 1 unspecified atom stereocenters. The summed E-state index contributed by atoms with van der Waals surface area (Å²) in [7, 11) is -1.44. The van der Waals surface area contributed by atoms with Gasteiger partial charge in [0, 0.05) is 45.5 Å². The van der Waals surface area contributed by atoms with E-state index in [0.717, 1.165) is 44.8 Å². The molecule has 2 aliphatic heterocycles. The molecule has 0 aliphatic carbocycles. The number of hydrogen-bond donors (Lipinski definition) is 0. The zero-order valence-electron chi connectivity index (χ0n) is 17.1. The number of piperazine rings is 1. The lowest BCUT2D eigenvalue weighted by Crippen LogP contribution is -2.47. The lowest BCUT2D eigenvalue weighted by atomic mass is 9.92. The van der Waals surface area contributed by atoms with Crippen molar-refractivity contribution in [2.75, 3.05) is 51.2 Å². The minimum Gasteiger partial charge on any atom is -0.357 e. The third-order valence-corrected chi connectivity index (χ3v) is 8.03. The van der Waals surface area contributed by atoms with Crippen molar-refractivity contribution in [1.82, 2.24) is 14.2 Å². The summed E-state index contributed by atoms with van der Waals surface area (Å²) in [4.78, 5) is 9.26. The fourth-order valence-electron chi connectivity index (χ4n) is 4.27. The van der Waals surface area contributed by atoms with Crippen LogP contribution >= 0.6 is 0 Å². The van der Waals surface area contributed by atoms with E-state index in [0.29, 0.717) is 23.9 Å². The molecule has 3 heterocycles. The van der Waals surface area contributed by atoms with Gasteiger partial charge >= 0.3 is 0 Å². The summed E-state index contributed by atoms with van der Waals surface area (Å²) in [6, 6.07) is 14.3. The Morgan fingerprint density at radius 2 is 1.66 bits per heavy atom. The van der Waals surface area contributed by atoms with Crippen molar-refractivity contribution in [1.29, 1.82) is 0 Å². The number of benzene rings is 1. The van der Waals surface area contributed by atoms with E-state index in [-0.39, 0.29) is 0 Å². The molecule has 2 fully saturated rings. The Labute approximate surface area is 174 Å². The first-order chi connectivity index (χ1) is 14.0. The van der Waals surface area contributed by atoms with Crippen LogP contribution in [-0.4, -0.2) is 68.9 Å². The van der Waals surface area contributed by atoms with Crippen LogP contribution in [0.3, 0.4) is 0 Å². The van der Waals surface area contributed by atoms with E-state index in [9.17, 15) is 8.42 Å². The van der Waals surface area contributed by atoms with Crippen molar-refractivity contribution in [2.45, 2.75) is 30.1 Å². The lowest BCUT2D eigenvalue weighted by molar-refractivity contribution is 0.222. The fourth-order valence-corrected chi connectivity index (χ4v) is 5.64. The largest absolute Gasteiger partial charge is 0.357 e. The van der Waals surface area contributed by atoms with Gasteiger partial charge in [-0.3, -0.25) is 0 Å². The minimum atomic E-state index is -3.46. The highest BCUT2D eigenvalue weighted by atomic mass is 32.2. The van der Waals surface area contributed by atoms with Crippen LogP contribution in [-0.2, 0) is 10.0 Å². The van der Waals surface area contributed by atoms with Gasteiger partial charge in [-0.1, -0.05) is 30.3 Å². The van der Waals surface area contributed by atoms with Crippen LogP contribution < -0.4 is 4.90 Å². The first-order valence-electron chi connectivity index (χ1n) is 10.5. The van der Waals surface area contributed by atoms with Gasteiger partial charge in [-0.25, -0.2) is 13.4 Å². The van der Waals surface area contributed by atoms with Gasteiger partial charge in [0.2, 0.25) is 10.0 Å². The smallest absolute Gasteiger partial charge is 0.244 e. The normalized spacial score (nSPS) is 22.4. The molecular weight excluding hydrogens is 384 g/mol. The highest BCUT2D eigenvalue weighted by Crippen LogP contribution is 2.29. The number of anilines is 1. The number of sulfonamides is 1. The molecule has 0 radical (unpaired) electrons. The summed E-state index contributed by atoms with van der Waals surface area (Å²) >= 11 is 0. The molecule has 1 aromatic carbocycles. The first-order valence-corrected chi connectivity index (χ1v) is 11.9. The highest BCUT2D eigenvalue weighted by Gasteiger charge is 2.28. The maximum atomic E-state index is 12.9. The fraction of sp³-hybridized carbons (Fsp3) is 0.500. The van der Waals surface area contributed by atoms with Crippen molar-refractivity contribution >= 4 is 15.8 Å². The Hall–Kier alpha value is -1.96. The van der Waals surface area contributed by atoms with Gasteiger partial charge in [0.05, 0.1) is 0 Å². The average Bonchev–Trinajstić information content (AvgIpc) is 3.01. The van der Waals surface area contributed by atoms with Crippen molar-refractivity contribution in [2.24, 2.45) is 0 Å². The van der Waals surface area contributed by atoms with Gasteiger partial charge < -0.3 is 9.80 Å². The number of rotatable bonds is 4. The average molecular weight is 415 g/mol. The molecule has 4 rings (SSSR count). The van der Waals surface area contributed by atoms with Crippen LogP contribution in [0, 0.1) is 0 Å². The minimum absolute atomic E-state index is 0.294. The van der Waals surface area contributed by atoms with E-state index in [2.05, 4.69) is 45.1 Å². The van der Waals surface area contributed by atoms with Crippen LogP contribution in [0.15, 0.2) is 53.6 Å². The lowest BCUT2D eigenvalue weighted by Gasteiger charge is -2.31. The summed E-state index contributed by atoms with van der Waals surface area (Å²) < 4.78 is 27.3. The van der Waals surface area contributed by atoms with E-state index in [4.69, 9.17) is 0 Å². The molecular formula is C22H30N4O2S. The molecule has 7 heteroatoms. The van der Waals surface area contributed by atoms with Crippen molar-refractivity contribution in [3.8, 4) is 0 Å². The SMILES string of the molecule is CN1CCN(S(=O)(=O)c2ccc(N3CCCC(c4ccccc4)CC3)nc2)CC1. The predicted octanol–water partition coefficient (Wildman–Crippen LogP) is 2.79. The predicted molar refractivity (Wildman–Crippen MR) is 116 cm³/mol. The Morgan fingerprint density at radius 1 is 0.897 bits per heavy atom. The van der Waals surface area contributed by atoms with Gasteiger partial charge in [-0.05, 0) is 49.9 Å². The maximum absolute atomic E-state index is 12.9. The molecule has 0 N–H and O–H groups in total. The molecule has 0 bridgehead atoms. The van der Waals surface area contributed by atoms with Crippen molar-refractivity contribution in [3.63, 3.8) is 0 Å². The number of aromatic nitrogens is 1. The topological polar surface area (TPSA) is 56.8 Å². The monoisotopic (exact) mass is 414 g/mol. The number of hydrogen-bond acceptors (Lipinski definition) is 5. The third-order valence-electron chi connectivity index (χ3n) is 6.14. The number of pyridine rings is 1. The molecule has 0 amide bonds. The quantitative estimate of drug-likeness (QED) is 0.770. The standard InChI is InChI=1S/C22H30N4O2S/c1-24-14-16-26(17-15-24)29(27,28)21-9-10-22(23-18-21)25-12-5-8-20(11-13-25)19-6-3-2-4-7-19/h2-4,6-7,9-10,18,20H,5,8,11-17H2,1H3. The maximum Gasteiger partial charge on any atom is 0.244 e. The molecule has 2 saturated heterocycles. The molecule has 0 spiro atoms. The van der Waals surface area contributed by atoms with Crippen LogP contribution in [0.25, 0.3) is 0 Å². The van der Waals surface area contributed by atoms with Crippen molar-refractivity contribution < 1.29 is 8.42 Å².